The van der Waals surface area contributed by atoms with E-state index in [9.17, 15) is 14.0 Å². The second-order valence-corrected chi connectivity index (χ2v) is 5.41. The van der Waals surface area contributed by atoms with Crippen LogP contribution in [0.2, 0.25) is 0 Å². The smallest absolute Gasteiger partial charge is 0.242 e. The van der Waals surface area contributed by atoms with E-state index in [4.69, 9.17) is 0 Å². The van der Waals surface area contributed by atoms with Crippen molar-refractivity contribution in [3.05, 3.63) is 30.1 Å². The molecule has 0 radical (unpaired) electrons. The van der Waals surface area contributed by atoms with Gasteiger partial charge >= 0.3 is 0 Å². The number of thioether (sulfide) groups is 1. The van der Waals surface area contributed by atoms with E-state index in [1.165, 1.54) is 28.8 Å². The number of hydrogen-bond acceptors (Lipinski definition) is 4. The normalized spacial score (nSPS) is 20.6. The summed E-state index contributed by atoms with van der Waals surface area (Å²) in [6, 6.07) is 5.91. The maximum Gasteiger partial charge on any atom is 0.242 e. The summed E-state index contributed by atoms with van der Waals surface area (Å²) in [5, 5.41) is 2.54. The predicted molar refractivity (Wildman–Crippen MR) is 77.2 cm³/mol. The van der Waals surface area contributed by atoms with Crippen LogP contribution in [0.5, 0.6) is 0 Å². The molecule has 7 heteroatoms. The largest absolute Gasteiger partial charge is 0.324 e. The molecular weight excluding hydrogens is 281 g/mol. The Morgan fingerprint density at radius 2 is 2.20 bits per heavy atom. The minimum absolute atomic E-state index is 0.0127. The predicted octanol–water partition coefficient (Wildman–Crippen LogP) is 1.71. The molecule has 2 rings (SSSR count). The fraction of sp³-hybridized carbons (Fsp3) is 0.308. The van der Waals surface area contributed by atoms with Crippen LogP contribution in [0, 0.1) is 5.82 Å². The van der Waals surface area contributed by atoms with E-state index >= 15 is 0 Å². The van der Waals surface area contributed by atoms with Gasteiger partial charge in [0.05, 0.1) is 5.69 Å². The average Bonchev–Trinajstić information content (AvgIpc) is 2.69. The highest BCUT2D eigenvalue weighted by Crippen LogP contribution is 2.28. The highest BCUT2D eigenvalue weighted by molar-refractivity contribution is 8.15. The van der Waals surface area contributed by atoms with Gasteiger partial charge in [-0.2, -0.15) is 0 Å². The number of amides is 2. The van der Waals surface area contributed by atoms with Crippen LogP contribution in [-0.2, 0) is 9.59 Å². The molecule has 1 aliphatic rings. The number of hydrogen-bond donors (Lipinski definition) is 1. The van der Waals surface area contributed by atoms with Crippen molar-refractivity contribution in [3.8, 4) is 0 Å². The average molecular weight is 295 g/mol. The number of nitrogens with one attached hydrogen (secondary N) is 1. The summed E-state index contributed by atoms with van der Waals surface area (Å²) in [7, 11) is 3.21. The highest BCUT2D eigenvalue weighted by atomic mass is 32.2. The standard InChI is InChI=1S/C13H14FN3O2S/c1-15-13-17(2)12(19)10(20-13)7-11(18)16-9-6-4-3-5-8(9)14/h3-6,10H,7H2,1-2H3,(H,16,18). The molecule has 1 atom stereocenters. The zero-order valence-corrected chi connectivity index (χ0v) is 11.9. The third-order valence-electron chi connectivity index (χ3n) is 2.85. The molecule has 106 valence electrons. The number of benzene rings is 1. The van der Waals surface area contributed by atoms with Gasteiger partial charge in [0.2, 0.25) is 11.8 Å². The van der Waals surface area contributed by atoms with Crippen LogP contribution in [0.1, 0.15) is 6.42 Å². The highest BCUT2D eigenvalue weighted by Gasteiger charge is 2.36. The Morgan fingerprint density at radius 1 is 1.50 bits per heavy atom. The first-order chi connectivity index (χ1) is 9.52. The van der Waals surface area contributed by atoms with Crippen molar-refractivity contribution in [2.24, 2.45) is 4.99 Å². The monoisotopic (exact) mass is 295 g/mol. The molecule has 1 N–H and O–H groups in total. The molecule has 1 aliphatic heterocycles. The van der Waals surface area contributed by atoms with Gasteiger partial charge in [-0.25, -0.2) is 4.39 Å². The Hall–Kier alpha value is -1.89. The second kappa shape index (κ2) is 6.04. The maximum absolute atomic E-state index is 13.4. The van der Waals surface area contributed by atoms with Crippen LogP contribution >= 0.6 is 11.8 Å². The topological polar surface area (TPSA) is 61.8 Å². The molecule has 2 amide bonds. The van der Waals surface area contributed by atoms with Gasteiger partial charge in [0, 0.05) is 20.5 Å². The number of carbonyl (C=O) groups is 2. The van der Waals surface area contributed by atoms with Crippen molar-refractivity contribution in [3.63, 3.8) is 0 Å². The summed E-state index contributed by atoms with van der Waals surface area (Å²) in [6.45, 7) is 0. The lowest BCUT2D eigenvalue weighted by molar-refractivity contribution is -0.127. The summed E-state index contributed by atoms with van der Waals surface area (Å²) >= 11 is 1.24. The molecular formula is C13H14FN3O2S. The van der Waals surface area contributed by atoms with Gasteiger partial charge in [-0.3, -0.25) is 19.5 Å². The van der Waals surface area contributed by atoms with E-state index < -0.39 is 17.0 Å². The second-order valence-electron chi connectivity index (χ2n) is 4.24. The number of halogens is 1. The van der Waals surface area contributed by atoms with Crippen molar-refractivity contribution < 1.29 is 14.0 Å². The third kappa shape index (κ3) is 2.98. The summed E-state index contributed by atoms with van der Waals surface area (Å²) in [5.74, 6) is -1.06. The Kier molecular flexibility index (Phi) is 4.39. The first-order valence-electron chi connectivity index (χ1n) is 5.98. The Bertz CT molecular complexity index is 576. The van der Waals surface area contributed by atoms with E-state index in [2.05, 4.69) is 10.3 Å². The number of rotatable bonds is 3. The van der Waals surface area contributed by atoms with Crippen molar-refractivity contribution in [2.45, 2.75) is 11.7 Å². The molecule has 1 unspecified atom stereocenters. The molecule has 1 aromatic carbocycles. The van der Waals surface area contributed by atoms with Gasteiger partial charge in [0.25, 0.3) is 0 Å². The van der Waals surface area contributed by atoms with Crippen molar-refractivity contribution >= 4 is 34.4 Å². The summed E-state index contributed by atoms with van der Waals surface area (Å²) < 4.78 is 13.4. The molecule has 0 aliphatic carbocycles. The number of para-hydroxylation sites is 1. The van der Waals surface area contributed by atoms with Crippen molar-refractivity contribution in [2.75, 3.05) is 19.4 Å². The van der Waals surface area contributed by atoms with E-state index in [1.807, 2.05) is 0 Å². The summed E-state index contributed by atoms with van der Waals surface area (Å²) in [4.78, 5) is 29.2. The van der Waals surface area contributed by atoms with Crippen LogP contribution in [0.4, 0.5) is 10.1 Å². The minimum Gasteiger partial charge on any atom is -0.324 e. The lowest BCUT2D eigenvalue weighted by Crippen LogP contribution is -2.30. The molecule has 5 nitrogen and oxygen atoms in total. The number of aliphatic imine (C=N–C) groups is 1. The van der Waals surface area contributed by atoms with Crippen LogP contribution in [0.15, 0.2) is 29.3 Å². The fourth-order valence-corrected chi connectivity index (χ4v) is 2.93. The molecule has 1 fully saturated rings. The number of anilines is 1. The summed E-state index contributed by atoms with van der Waals surface area (Å²) in [6.07, 6.45) is -0.0127. The lowest BCUT2D eigenvalue weighted by atomic mass is 10.2. The zero-order valence-electron chi connectivity index (χ0n) is 11.1. The van der Waals surface area contributed by atoms with Crippen LogP contribution < -0.4 is 5.32 Å². The molecule has 0 aromatic heterocycles. The zero-order chi connectivity index (χ0) is 14.7. The lowest BCUT2D eigenvalue weighted by Gasteiger charge is -2.09. The molecule has 1 heterocycles. The Morgan fingerprint density at radius 3 is 2.80 bits per heavy atom. The number of nitrogens with zero attached hydrogens (tertiary/aromatic N) is 2. The van der Waals surface area contributed by atoms with Gasteiger partial charge in [-0.15, -0.1) is 0 Å². The van der Waals surface area contributed by atoms with Gasteiger partial charge in [0.1, 0.15) is 11.1 Å². The van der Waals surface area contributed by atoms with Crippen LogP contribution in [0.3, 0.4) is 0 Å². The Balaban J connectivity index is 1.99. The van der Waals surface area contributed by atoms with Crippen LogP contribution in [-0.4, -0.2) is 41.2 Å². The molecule has 1 saturated heterocycles. The van der Waals surface area contributed by atoms with Gasteiger partial charge in [0.15, 0.2) is 5.17 Å². The minimum atomic E-state index is -0.509. The SMILES string of the molecule is CN=C1SC(CC(=O)Nc2ccccc2F)C(=O)N1C. The first kappa shape index (κ1) is 14.5. The molecule has 0 saturated carbocycles. The molecule has 20 heavy (non-hydrogen) atoms. The van der Waals surface area contributed by atoms with E-state index in [0.29, 0.717) is 5.17 Å². The molecule has 0 bridgehead atoms. The number of amidine groups is 1. The quantitative estimate of drug-likeness (QED) is 0.923. The molecule has 0 spiro atoms. The molecule has 1 aromatic rings. The first-order valence-corrected chi connectivity index (χ1v) is 6.86. The summed E-state index contributed by atoms with van der Waals surface area (Å²) in [5.41, 5.74) is 0.116. The third-order valence-corrected chi connectivity index (χ3v) is 4.17. The van der Waals surface area contributed by atoms with Gasteiger partial charge < -0.3 is 5.32 Å². The van der Waals surface area contributed by atoms with Crippen LogP contribution in [0.25, 0.3) is 0 Å². The van der Waals surface area contributed by atoms with Gasteiger partial charge in [-0.05, 0) is 12.1 Å². The van der Waals surface area contributed by atoms with E-state index in [0.717, 1.165) is 0 Å². The Labute approximate surface area is 120 Å². The fourth-order valence-electron chi connectivity index (χ4n) is 1.83. The van der Waals surface area contributed by atoms with Crippen molar-refractivity contribution in [1.82, 2.24) is 4.90 Å². The van der Waals surface area contributed by atoms with E-state index in [-0.39, 0.29) is 18.0 Å². The van der Waals surface area contributed by atoms with Crippen molar-refractivity contribution in [1.29, 1.82) is 0 Å². The maximum atomic E-state index is 13.4. The van der Waals surface area contributed by atoms with Gasteiger partial charge in [-0.1, -0.05) is 23.9 Å². The van der Waals surface area contributed by atoms with E-state index in [1.54, 1.807) is 26.2 Å². The number of carbonyl (C=O) groups excluding carboxylic acids is 2.